The van der Waals surface area contributed by atoms with Crippen molar-refractivity contribution in [3.05, 3.63) is 36.3 Å². The number of aliphatic hydroxyl groups excluding tert-OH is 2. The molecule has 0 bridgehead atoms. The van der Waals surface area contributed by atoms with Crippen LogP contribution >= 0.6 is 0 Å². The van der Waals surface area contributed by atoms with Gasteiger partial charge in [0.2, 0.25) is 0 Å². The number of aliphatic hydroxyl groups is 2. The maximum Gasteiger partial charge on any atom is 0.0983 e. The van der Waals surface area contributed by atoms with Gasteiger partial charge in [0.1, 0.15) is 0 Å². The van der Waals surface area contributed by atoms with E-state index in [2.05, 4.69) is 15.0 Å². The monoisotopic (exact) mass is 290 g/mol. The van der Waals surface area contributed by atoms with Crippen LogP contribution in [0.1, 0.15) is 12.0 Å². The summed E-state index contributed by atoms with van der Waals surface area (Å²) in [5, 5.41) is 22.7. The second-order valence-electron chi connectivity index (χ2n) is 5.00. The number of hydrogen-bond donors (Lipinski definition) is 2. The second-order valence-corrected chi connectivity index (χ2v) is 5.00. The van der Waals surface area contributed by atoms with Crippen molar-refractivity contribution >= 4 is 0 Å². The minimum Gasteiger partial charge on any atom is -0.396 e. The van der Waals surface area contributed by atoms with Gasteiger partial charge in [0.05, 0.1) is 12.3 Å². The van der Waals surface area contributed by atoms with Gasteiger partial charge in [-0.3, -0.25) is 14.6 Å². The van der Waals surface area contributed by atoms with Crippen LogP contribution in [-0.2, 0) is 13.6 Å². The summed E-state index contributed by atoms with van der Waals surface area (Å²) in [7, 11) is 1.90. The van der Waals surface area contributed by atoms with E-state index in [1.807, 2.05) is 25.4 Å². The molecule has 0 amide bonds. The van der Waals surface area contributed by atoms with Crippen LogP contribution in [0.25, 0.3) is 11.3 Å². The standard InChI is InChI=1S/C15H22N4O2/c1-18-11-14(12-19(7-9-21)6-3-8-20)15(17-18)13-4-2-5-16-10-13/h2,4-5,10-11,20-21H,3,6-9,12H2,1H3. The van der Waals surface area contributed by atoms with Gasteiger partial charge in [-0.25, -0.2) is 0 Å². The molecule has 0 radical (unpaired) electrons. The smallest absolute Gasteiger partial charge is 0.0983 e. The summed E-state index contributed by atoms with van der Waals surface area (Å²) in [4.78, 5) is 6.26. The number of aryl methyl sites for hydroxylation is 1. The Morgan fingerprint density at radius 2 is 2.10 bits per heavy atom. The third kappa shape index (κ3) is 4.35. The van der Waals surface area contributed by atoms with Crippen molar-refractivity contribution in [3.63, 3.8) is 0 Å². The number of rotatable bonds is 8. The van der Waals surface area contributed by atoms with Gasteiger partial charge in [0.25, 0.3) is 0 Å². The Hall–Kier alpha value is -1.76. The zero-order valence-electron chi connectivity index (χ0n) is 12.3. The molecule has 0 aliphatic carbocycles. The highest BCUT2D eigenvalue weighted by Gasteiger charge is 2.13. The Balaban J connectivity index is 2.19. The van der Waals surface area contributed by atoms with Crippen LogP contribution in [0.15, 0.2) is 30.7 Å². The van der Waals surface area contributed by atoms with Gasteiger partial charge in [-0.15, -0.1) is 0 Å². The Kier molecular flexibility index (Phi) is 5.86. The van der Waals surface area contributed by atoms with Crippen molar-refractivity contribution in [1.82, 2.24) is 19.7 Å². The fourth-order valence-corrected chi connectivity index (χ4v) is 2.35. The van der Waals surface area contributed by atoms with Gasteiger partial charge in [-0.1, -0.05) is 0 Å². The van der Waals surface area contributed by atoms with E-state index in [4.69, 9.17) is 5.11 Å². The van der Waals surface area contributed by atoms with Crippen molar-refractivity contribution < 1.29 is 10.2 Å². The Bertz CT molecular complexity index is 542. The van der Waals surface area contributed by atoms with E-state index >= 15 is 0 Å². The zero-order chi connectivity index (χ0) is 15.1. The lowest BCUT2D eigenvalue weighted by Gasteiger charge is -2.20. The Labute approximate surface area is 124 Å². The molecule has 0 aromatic carbocycles. The van der Waals surface area contributed by atoms with Gasteiger partial charge in [0.15, 0.2) is 0 Å². The van der Waals surface area contributed by atoms with Crippen LogP contribution in [0, 0.1) is 0 Å². The van der Waals surface area contributed by atoms with E-state index in [9.17, 15) is 5.11 Å². The minimum atomic E-state index is 0.105. The molecule has 114 valence electrons. The molecule has 0 saturated heterocycles. The average Bonchev–Trinajstić information content (AvgIpc) is 2.86. The summed E-state index contributed by atoms with van der Waals surface area (Å²) in [5.41, 5.74) is 2.99. The first-order valence-corrected chi connectivity index (χ1v) is 7.11. The molecule has 2 heterocycles. The van der Waals surface area contributed by atoms with Crippen LogP contribution in [-0.4, -0.2) is 56.2 Å². The summed E-state index contributed by atoms with van der Waals surface area (Å²) in [6.45, 7) is 2.29. The van der Waals surface area contributed by atoms with Gasteiger partial charge < -0.3 is 10.2 Å². The van der Waals surface area contributed by atoms with E-state index in [0.29, 0.717) is 19.5 Å². The van der Waals surface area contributed by atoms with Gasteiger partial charge in [-0.2, -0.15) is 5.10 Å². The van der Waals surface area contributed by atoms with E-state index in [-0.39, 0.29) is 13.2 Å². The van der Waals surface area contributed by atoms with Gasteiger partial charge >= 0.3 is 0 Å². The number of hydrogen-bond acceptors (Lipinski definition) is 5. The van der Waals surface area contributed by atoms with Crippen LogP contribution in [0.5, 0.6) is 0 Å². The fraction of sp³-hybridized carbons (Fsp3) is 0.467. The fourth-order valence-electron chi connectivity index (χ4n) is 2.35. The quantitative estimate of drug-likeness (QED) is 0.747. The van der Waals surface area contributed by atoms with Crippen molar-refractivity contribution in [1.29, 1.82) is 0 Å². The Morgan fingerprint density at radius 1 is 1.24 bits per heavy atom. The first-order valence-electron chi connectivity index (χ1n) is 7.11. The van der Waals surface area contributed by atoms with Crippen LogP contribution in [0.4, 0.5) is 0 Å². The van der Waals surface area contributed by atoms with Crippen molar-refractivity contribution in [2.24, 2.45) is 7.05 Å². The molecule has 21 heavy (non-hydrogen) atoms. The molecule has 6 heteroatoms. The van der Waals surface area contributed by atoms with Crippen molar-refractivity contribution in [2.45, 2.75) is 13.0 Å². The van der Waals surface area contributed by atoms with E-state index in [1.54, 1.807) is 17.1 Å². The summed E-state index contributed by atoms with van der Waals surface area (Å²) in [6.07, 6.45) is 6.23. The molecule has 6 nitrogen and oxygen atoms in total. The first kappa shape index (κ1) is 15.6. The molecule has 0 aliphatic heterocycles. The molecule has 0 atom stereocenters. The SMILES string of the molecule is Cn1cc(CN(CCO)CCCO)c(-c2cccnc2)n1. The maximum absolute atomic E-state index is 9.17. The Morgan fingerprint density at radius 3 is 2.76 bits per heavy atom. The third-order valence-corrected chi connectivity index (χ3v) is 3.28. The number of aromatic nitrogens is 3. The van der Waals surface area contributed by atoms with E-state index in [0.717, 1.165) is 23.4 Å². The van der Waals surface area contributed by atoms with Crippen molar-refractivity contribution in [3.8, 4) is 11.3 Å². The topological polar surface area (TPSA) is 74.4 Å². The highest BCUT2D eigenvalue weighted by Crippen LogP contribution is 2.22. The molecule has 0 aliphatic rings. The van der Waals surface area contributed by atoms with Gasteiger partial charge in [-0.05, 0) is 18.6 Å². The lowest BCUT2D eigenvalue weighted by Crippen LogP contribution is -2.28. The van der Waals surface area contributed by atoms with Crippen LogP contribution in [0.3, 0.4) is 0 Å². The zero-order valence-corrected chi connectivity index (χ0v) is 12.3. The molecule has 0 spiro atoms. The lowest BCUT2D eigenvalue weighted by molar-refractivity contribution is 0.174. The highest BCUT2D eigenvalue weighted by atomic mass is 16.3. The van der Waals surface area contributed by atoms with E-state index in [1.165, 1.54) is 0 Å². The molecule has 2 N–H and O–H groups in total. The predicted molar refractivity (Wildman–Crippen MR) is 80.5 cm³/mol. The largest absolute Gasteiger partial charge is 0.396 e. The summed E-state index contributed by atoms with van der Waals surface area (Å²) < 4.78 is 1.79. The molecule has 2 rings (SSSR count). The highest BCUT2D eigenvalue weighted by molar-refractivity contribution is 5.61. The summed E-state index contributed by atoms with van der Waals surface area (Å²) in [6, 6.07) is 3.88. The normalized spacial score (nSPS) is 11.2. The first-order chi connectivity index (χ1) is 10.2. The molecule has 0 unspecified atom stereocenters. The maximum atomic E-state index is 9.17. The van der Waals surface area contributed by atoms with E-state index < -0.39 is 0 Å². The summed E-state index contributed by atoms with van der Waals surface area (Å²) in [5.74, 6) is 0. The predicted octanol–water partition coefficient (Wildman–Crippen LogP) is 0.659. The molecule has 2 aromatic rings. The number of pyridine rings is 1. The lowest BCUT2D eigenvalue weighted by atomic mass is 10.1. The molecule has 2 aromatic heterocycles. The second kappa shape index (κ2) is 7.87. The number of nitrogens with zero attached hydrogens (tertiary/aromatic N) is 4. The molecular weight excluding hydrogens is 268 g/mol. The average molecular weight is 290 g/mol. The molecule has 0 fully saturated rings. The molecule has 0 saturated carbocycles. The minimum absolute atomic E-state index is 0.105. The van der Waals surface area contributed by atoms with Gasteiger partial charge in [0, 0.05) is 63.0 Å². The van der Waals surface area contributed by atoms with Crippen LogP contribution in [0.2, 0.25) is 0 Å². The van der Waals surface area contributed by atoms with Crippen molar-refractivity contribution in [2.75, 3.05) is 26.3 Å². The third-order valence-electron chi connectivity index (χ3n) is 3.28. The summed E-state index contributed by atoms with van der Waals surface area (Å²) >= 11 is 0. The molecular formula is C15H22N4O2. The van der Waals surface area contributed by atoms with Crippen LogP contribution < -0.4 is 0 Å².